The van der Waals surface area contributed by atoms with Gasteiger partial charge < -0.3 is 19.8 Å². The Morgan fingerprint density at radius 2 is 2.15 bits per heavy atom. The molecule has 9 heteroatoms. The number of benzene rings is 1. The number of nitrogens with zero attached hydrogens (tertiary/aromatic N) is 2. The smallest absolute Gasteiger partial charge is 0.328 e. The molecule has 1 aromatic carbocycles. The second-order valence-corrected chi connectivity index (χ2v) is 10.0. The molecule has 0 saturated carbocycles. The fourth-order valence-corrected chi connectivity index (χ4v) is 6.98. The van der Waals surface area contributed by atoms with E-state index in [2.05, 4.69) is 21.4 Å². The molecule has 0 amide bonds. The van der Waals surface area contributed by atoms with Crippen LogP contribution in [0.4, 0.5) is 0 Å². The summed E-state index contributed by atoms with van der Waals surface area (Å²) in [5.41, 5.74) is 2.56. The molecule has 0 bridgehead atoms. The highest BCUT2D eigenvalue weighted by atomic mass is 32.1. The highest BCUT2D eigenvalue weighted by Crippen LogP contribution is 2.49. The third-order valence-corrected chi connectivity index (χ3v) is 8.53. The molecule has 0 spiro atoms. The lowest BCUT2D eigenvalue weighted by Crippen LogP contribution is -2.37. The molecule has 33 heavy (non-hydrogen) atoms. The predicted molar refractivity (Wildman–Crippen MR) is 126 cm³/mol. The van der Waals surface area contributed by atoms with Crippen LogP contribution >= 0.6 is 11.3 Å². The molecular formula is C24H22N4O4S. The quantitative estimate of drug-likeness (QED) is 0.486. The summed E-state index contributed by atoms with van der Waals surface area (Å²) in [6.45, 7) is 1.60. The summed E-state index contributed by atoms with van der Waals surface area (Å²) in [6.07, 6.45) is 4.49. The molecule has 1 saturated heterocycles. The summed E-state index contributed by atoms with van der Waals surface area (Å²) in [6, 6.07) is 8.08. The normalized spacial score (nSPS) is 23.2. The highest BCUT2D eigenvalue weighted by Gasteiger charge is 2.41. The number of H-pyrrole nitrogens is 1. The van der Waals surface area contributed by atoms with E-state index in [0.29, 0.717) is 35.0 Å². The first kappa shape index (κ1) is 19.3. The maximum absolute atomic E-state index is 13.2. The number of pyridine rings is 1. The van der Waals surface area contributed by atoms with E-state index in [9.17, 15) is 9.59 Å². The minimum atomic E-state index is -0.363. The highest BCUT2D eigenvalue weighted by molar-refractivity contribution is 7.25. The van der Waals surface area contributed by atoms with Gasteiger partial charge in [-0.15, -0.1) is 11.3 Å². The number of rotatable bonds is 3. The van der Waals surface area contributed by atoms with Crippen molar-refractivity contribution in [3.8, 4) is 11.5 Å². The minimum absolute atomic E-state index is 0.195. The minimum Gasteiger partial charge on any atom is -0.454 e. The molecular weight excluding hydrogens is 440 g/mol. The Hall–Kier alpha value is -3.17. The molecule has 7 rings (SSSR count). The third kappa shape index (κ3) is 2.82. The third-order valence-electron chi connectivity index (χ3n) is 7.43. The number of nitrogens with one attached hydrogen (secondary N) is 2. The van der Waals surface area contributed by atoms with E-state index in [4.69, 9.17) is 9.47 Å². The van der Waals surface area contributed by atoms with Crippen molar-refractivity contribution < 1.29 is 9.47 Å². The van der Waals surface area contributed by atoms with Crippen LogP contribution in [0.25, 0.3) is 20.4 Å². The van der Waals surface area contributed by atoms with Crippen LogP contribution in [0, 0.1) is 5.92 Å². The van der Waals surface area contributed by atoms with Crippen LogP contribution in [0.2, 0.25) is 0 Å². The van der Waals surface area contributed by atoms with Crippen LogP contribution in [0.3, 0.4) is 0 Å². The van der Waals surface area contributed by atoms with Gasteiger partial charge in [-0.05, 0) is 55.5 Å². The lowest BCUT2D eigenvalue weighted by Gasteiger charge is -2.31. The summed E-state index contributed by atoms with van der Waals surface area (Å²) in [5.74, 6) is 2.62. The summed E-state index contributed by atoms with van der Waals surface area (Å²) >= 11 is 1.33. The zero-order chi connectivity index (χ0) is 22.1. The number of aromatic amines is 1. The predicted octanol–water partition coefficient (Wildman–Crippen LogP) is 2.74. The van der Waals surface area contributed by atoms with Crippen molar-refractivity contribution in [1.29, 1.82) is 0 Å². The van der Waals surface area contributed by atoms with E-state index in [1.165, 1.54) is 27.0 Å². The van der Waals surface area contributed by atoms with Crippen LogP contribution in [0.5, 0.6) is 11.5 Å². The van der Waals surface area contributed by atoms with Crippen molar-refractivity contribution in [1.82, 2.24) is 19.9 Å². The fraction of sp³-hybridized carbons (Fsp3) is 0.375. The van der Waals surface area contributed by atoms with Gasteiger partial charge in [0.2, 0.25) is 6.79 Å². The number of hydrogen-bond donors (Lipinski definition) is 2. The number of fused-ring (bicyclic) bond motifs is 8. The average Bonchev–Trinajstić information content (AvgIpc) is 3.55. The van der Waals surface area contributed by atoms with Crippen molar-refractivity contribution in [2.75, 3.05) is 13.3 Å². The second kappa shape index (κ2) is 7.16. The van der Waals surface area contributed by atoms with E-state index in [1.807, 2.05) is 18.2 Å². The van der Waals surface area contributed by atoms with Gasteiger partial charge in [0.15, 0.2) is 11.5 Å². The van der Waals surface area contributed by atoms with Crippen LogP contribution in [0.1, 0.15) is 29.9 Å². The lowest BCUT2D eigenvalue weighted by atomic mass is 9.73. The Bertz CT molecular complexity index is 1540. The Kier molecular flexibility index (Phi) is 4.19. The first-order chi connectivity index (χ1) is 16.2. The number of aromatic nitrogens is 3. The number of hydrogen-bond acceptors (Lipinski definition) is 7. The van der Waals surface area contributed by atoms with Crippen LogP contribution in [-0.4, -0.2) is 33.9 Å². The van der Waals surface area contributed by atoms with Gasteiger partial charge in [0, 0.05) is 35.7 Å². The Balaban J connectivity index is 1.22. The van der Waals surface area contributed by atoms with Gasteiger partial charge in [0.05, 0.1) is 5.52 Å². The Morgan fingerprint density at radius 3 is 3.09 bits per heavy atom. The van der Waals surface area contributed by atoms with Gasteiger partial charge in [-0.25, -0.2) is 9.78 Å². The van der Waals surface area contributed by atoms with Gasteiger partial charge in [-0.1, -0.05) is 6.07 Å². The van der Waals surface area contributed by atoms with Crippen molar-refractivity contribution in [2.24, 2.45) is 5.92 Å². The van der Waals surface area contributed by atoms with Gasteiger partial charge in [0.1, 0.15) is 9.53 Å². The lowest BCUT2D eigenvalue weighted by molar-refractivity contribution is 0.173. The van der Waals surface area contributed by atoms with Gasteiger partial charge in [-0.3, -0.25) is 9.36 Å². The summed E-state index contributed by atoms with van der Waals surface area (Å²) < 4.78 is 13.2. The first-order valence-corrected chi connectivity index (χ1v) is 12.2. The van der Waals surface area contributed by atoms with Crippen molar-refractivity contribution in [2.45, 2.75) is 37.8 Å². The van der Waals surface area contributed by atoms with Crippen LogP contribution in [0.15, 0.2) is 40.1 Å². The molecule has 0 radical (unpaired) electrons. The average molecular weight is 463 g/mol. The van der Waals surface area contributed by atoms with E-state index in [1.54, 1.807) is 6.20 Å². The monoisotopic (exact) mass is 462 g/mol. The summed E-state index contributed by atoms with van der Waals surface area (Å²) in [5, 5.41) is 4.48. The van der Waals surface area contributed by atoms with Crippen molar-refractivity contribution in [3.05, 3.63) is 62.4 Å². The van der Waals surface area contributed by atoms with Crippen LogP contribution in [-0.2, 0) is 13.0 Å². The maximum Gasteiger partial charge on any atom is 0.328 e. The molecule has 2 N–H and O–H groups in total. The molecule has 3 aliphatic rings. The molecule has 1 unspecified atom stereocenters. The molecule has 168 valence electrons. The van der Waals surface area contributed by atoms with Crippen LogP contribution < -0.4 is 26.0 Å². The second-order valence-electron chi connectivity index (χ2n) is 9.04. The maximum atomic E-state index is 13.2. The standard InChI is InChI=1S/C24H22N4O4S/c29-23-21-19(15-2-1-8-25-22(15)33-21)27-24(30)28(23)9-7-16-18-12(10-26-16)3-4-14-13(18)5-6-17-20(14)32-11-31-17/h1-2,5-6,8,12,16,18,26H,3-4,7,9-11H2,(H,27,30)/t12-,16?,18+/m0/s1. The molecule has 1 fully saturated rings. The van der Waals surface area contributed by atoms with Gasteiger partial charge in [-0.2, -0.15) is 0 Å². The topological polar surface area (TPSA) is 98.2 Å². The van der Waals surface area contributed by atoms with E-state index < -0.39 is 0 Å². The fourth-order valence-electron chi connectivity index (χ4n) is 5.93. The zero-order valence-electron chi connectivity index (χ0n) is 17.8. The SMILES string of the molecule is O=c1[nH]c2c(sc3ncccc32)c(=O)n1CCC1NC[C@@H]2CCc3c(ccc4c3OCO4)[C@H]12. The molecule has 4 aromatic rings. The summed E-state index contributed by atoms with van der Waals surface area (Å²) in [7, 11) is 0. The molecule has 3 atom stereocenters. The van der Waals surface area contributed by atoms with E-state index >= 15 is 0 Å². The molecule has 2 aliphatic heterocycles. The molecule has 5 heterocycles. The van der Waals surface area contributed by atoms with E-state index in [-0.39, 0.29) is 24.1 Å². The molecule has 8 nitrogen and oxygen atoms in total. The molecule has 3 aromatic heterocycles. The number of thiophene rings is 1. The molecule has 1 aliphatic carbocycles. The first-order valence-electron chi connectivity index (χ1n) is 11.3. The largest absolute Gasteiger partial charge is 0.454 e. The Morgan fingerprint density at radius 1 is 1.21 bits per heavy atom. The summed E-state index contributed by atoms with van der Waals surface area (Å²) in [4.78, 5) is 34.1. The zero-order valence-corrected chi connectivity index (χ0v) is 18.6. The van der Waals surface area contributed by atoms with Gasteiger partial charge >= 0.3 is 5.69 Å². The van der Waals surface area contributed by atoms with E-state index in [0.717, 1.165) is 41.1 Å². The van der Waals surface area contributed by atoms with Crippen molar-refractivity contribution >= 4 is 31.8 Å². The number of ether oxygens (including phenoxy) is 2. The Labute approximate surface area is 192 Å². The van der Waals surface area contributed by atoms with Crippen molar-refractivity contribution in [3.63, 3.8) is 0 Å². The van der Waals surface area contributed by atoms with Gasteiger partial charge in [0.25, 0.3) is 5.56 Å².